The Balaban J connectivity index is 1.45. The molecular weight excluding hydrogens is 374 g/mol. The molecule has 1 aliphatic heterocycles. The van der Waals surface area contributed by atoms with Gasteiger partial charge < -0.3 is 5.32 Å². The molecule has 1 saturated carbocycles. The van der Waals surface area contributed by atoms with Gasteiger partial charge in [-0.05, 0) is 62.1 Å². The number of benzene rings is 2. The third-order valence-electron chi connectivity index (χ3n) is 5.29. The number of rotatable bonds is 6. The number of nitrogens with zero attached hydrogens (tertiary/aromatic N) is 1. The number of amides is 1. The van der Waals surface area contributed by atoms with Crippen molar-refractivity contribution in [3.63, 3.8) is 0 Å². The van der Waals surface area contributed by atoms with Crippen molar-refractivity contribution in [3.8, 4) is 0 Å². The van der Waals surface area contributed by atoms with Crippen LogP contribution in [0.25, 0.3) is 0 Å². The molecule has 7 heteroatoms. The molecule has 1 heterocycles. The van der Waals surface area contributed by atoms with Crippen LogP contribution in [-0.2, 0) is 10.0 Å². The second-order valence-corrected chi connectivity index (χ2v) is 9.37. The Labute approximate surface area is 166 Å². The van der Waals surface area contributed by atoms with E-state index in [-0.39, 0.29) is 16.8 Å². The van der Waals surface area contributed by atoms with Crippen LogP contribution in [0.1, 0.15) is 35.2 Å². The van der Waals surface area contributed by atoms with Crippen molar-refractivity contribution in [1.29, 1.82) is 0 Å². The lowest BCUT2D eigenvalue weighted by atomic mass is 10.2. The van der Waals surface area contributed by atoms with E-state index in [0.717, 1.165) is 25.1 Å². The summed E-state index contributed by atoms with van der Waals surface area (Å²) in [6, 6.07) is 14.2. The molecule has 2 aromatic rings. The number of sulfonamides is 1. The number of carbonyl (C=O) groups is 1. The summed E-state index contributed by atoms with van der Waals surface area (Å²) in [5, 5.41) is 3.05. The maximum Gasteiger partial charge on any atom is 0.261 e. The minimum absolute atomic E-state index is 0.0766. The normalized spacial score (nSPS) is 20.1. The molecule has 1 saturated heterocycles. The minimum Gasteiger partial charge on any atom is -0.348 e. The standard InChI is InChI=1S/C21H25N3O3S/c1-15-4-2-6-17(12-15)23-28(26,27)20-7-3-5-16(13-20)21(25)22-18-10-11-24(14-18)19-8-9-19/h2-7,12-13,18-19,23H,8-11,14H2,1H3,(H,22,25). The third kappa shape index (κ3) is 4.36. The van der Waals surface area contributed by atoms with Crippen molar-refractivity contribution in [2.45, 2.75) is 43.2 Å². The molecular formula is C21H25N3O3S. The van der Waals surface area contributed by atoms with Crippen LogP contribution in [0, 0.1) is 6.92 Å². The van der Waals surface area contributed by atoms with Crippen LogP contribution >= 0.6 is 0 Å². The van der Waals surface area contributed by atoms with E-state index in [9.17, 15) is 13.2 Å². The molecule has 2 fully saturated rings. The summed E-state index contributed by atoms with van der Waals surface area (Å²) in [6.07, 6.45) is 3.46. The lowest BCUT2D eigenvalue weighted by Crippen LogP contribution is -2.37. The second kappa shape index (κ2) is 7.56. The number of hydrogen-bond donors (Lipinski definition) is 2. The Kier molecular flexibility index (Phi) is 5.12. The van der Waals surface area contributed by atoms with Crippen molar-refractivity contribution in [1.82, 2.24) is 10.2 Å². The largest absolute Gasteiger partial charge is 0.348 e. The zero-order valence-electron chi connectivity index (χ0n) is 15.9. The first kappa shape index (κ1) is 19.0. The smallest absolute Gasteiger partial charge is 0.261 e. The highest BCUT2D eigenvalue weighted by Gasteiger charge is 2.34. The number of aryl methyl sites for hydroxylation is 1. The van der Waals surface area contributed by atoms with Crippen molar-refractivity contribution in [3.05, 3.63) is 59.7 Å². The van der Waals surface area contributed by atoms with E-state index in [1.165, 1.54) is 25.0 Å². The summed E-state index contributed by atoms with van der Waals surface area (Å²) in [5.74, 6) is -0.227. The Morgan fingerprint density at radius 2 is 1.86 bits per heavy atom. The summed E-state index contributed by atoms with van der Waals surface area (Å²) in [6.45, 7) is 3.80. The quantitative estimate of drug-likeness (QED) is 0.783. The highest BCUT2D eigenvalue weighted by molar-refractivity contribution is 7.92. The van der Waals surface area contributed by atoms with Crippen molar-refractivity contribution in [2.24, 2.45) is 0 Å². The third-order valence-corrected chi connectivity index (χ3v) is 6.67. The fraction of sp³-hybridized carbons (Fsp3) is 0.381. The van der Waals surface area contributed by atoms with Gasteiger partial charge in [0, 0.05) is 36.4 Å². The Bertz CT molecular complexity index is 986. The molecule has 28 heavy (non-hydrogen) atoms. The summed E-state index contributed by atoms with van der Waals surface area (Å²) in [5.41, 5.74) is 1.82. The van der Waals surface area contributed by atoms with Gasteiger partial charge in [-0.2, -0.15) is 0 Å². The molecule has 148 valence electrons. The predicted molar refractivity (Wildman–Crippen MR) is 109 cm³/mol. The first-order valence-electron chi connectivity index (χ1n) is 9.65. The molecule has 2 aliphatic rings. The Morgan fingerprint density at radius 1 is 1.07 bits per heavy atom. The molecule has 1 amide bonds. The van der Waals surface area contributed by atoms with Crippen molar-refractivity contribution < 1.29 is 13.2 Å². The van der Waals surface area contributed by atoms with E-state index in [4.69, 9.17) is 0 Å². The van der Waals surface area contributed by atoms with E-state index in [2.05, 4.69) is 14.9 Å². The fourth-order valence-electron chi connectivity index (χ4n) is 3.67. The van der Waals surface area contributed by atoms with Gasteiger partial charge in [0.2, 0.25) is 0 Å². The van der Waals surface area contributed by atoms with Crippen LogP contribution in [-0.4, -0.2) is 44.4 Å². The lowest BCUT2D eigenvalue weighted by molar-refractivity contribution is 0.0937. The molecule has 1 unspecified atom stereocenters. The van der Waals surface area contributed by atoms with E-state index in [1.54, 1.807) is 30.3 Å². The molecule has 1 atom stereocenters. The number of anilines is 1. The summed E-state index contributed by atoms with van der Waals surface area (Å²) in [4.78, 5) is 15.1. The van der Waals surface area contributed by atoms with E-state index >= 15 is 0 Å². The highest BCUT2D eigenvalue weighted by atomic mass is 32.2. The Morgan fingerprint density at radius 3 is 2.61 bits per heavy atom. The van der Waals surface area contributed by atoms with Gasteiger partial charge in [-0.25, -0.2) is 8.42 Å². The lowest BCUT2D eigenvalue weighted by Gasteiger charge is -2.16. The topological polar surface area (TPSA) is 78.5 Å². The van der Waals surface area contributed by atoms with Crippen molar-refractivity contribution >= 4 is 21.6 Å². The molecule has 1 aliphatic carbocycles. The minimum atomic E-state index is -3.76. The van der Waals surface area contributed by atoms with Crippen LogP contribution in [0.4, 0.5) is 5.69 Å². The number of hydrogen-bond acceptors (Lipinski definition) is 4. The molecule has 0 bridgehead atoms. The van der Waals surface area contributed by atoms with E-state index in [1.807, 2.05) is 13.0 Å². The van der Waals surface area contributed by atoms with Gasteiger partial charge in [-0.3, -0.25) is 14.4 Å². The predicted octanol–water partition coefficient (Wildman–Crippen LogP) is 2.76. The molecule has 0 spiro atoms. The maximum absolute atomic E-state index is 12.7. The monoisotopic (exact) mass is 399 g/mol. The molecule has 6 nitrogen and oxygen atoms in total. The van der Waals surface area contributed by atoms with Crippen LogP contribution in [0.5, 0.6) is 0 Å². The van der Waals surface area contributed by atoms with Gasteiger partial charge >= 0.3 is 0 Å². The maximum atomic E-state index is 12.7. The van der Waals surface area contributed by atoms with Crippen molar-refractivity contribution in [2.75, 3.05) is 17.8 Å². The van der Waals surface area contributed by atoms with Gasteiger partial charge in [-0.1, -0.05) is 18.2 Å². The fourth-order valence-corrected chi connectivity index (χ4v) is 4.77. The molecule has 0 radical (unpaired) electrons. The highest BCUT2D eigenvalue weighted by Crippen LogP contribution is 2.29. The second-order valence-electron chi connectivity index (χ2n) is 7.69. The van der Waals surface area contributed by atoms with Gasteiger partial charge in [0.1, 0.15) is 0 Å². The number of nitrogens with one attached hydrogen (secondary N) is 2. The molecule has 4 rings (SSSR count). The summed E-state index contributed by atoms with van der Waals surface area (Å²) >= 11 is 0. The summed E-state index contributed by atoms with van der Waals surface area (Å²) in [7, 11) is -3.76. The zero-order chi connectivity index (χ0) is 19.7. The SMILES string of the molecule is Cc1cccc(NS(=O)(=O)c2cccc(C(=O)NC3CCN(C4CC4)C3)c2)c1. The van der Waals surface area contributed by atoms with Gasteiger partial charge in [-0.15, -0.1) is 0 Å². The molecule has 0 aromatic heterocycles. The van der Waals surface area contributed by atoms with Crippen LogP contribution in [0.2, 0.25) is 0 Å². The van der Waals surface area contributed by atoms with Crippen LogP contribution < -0.4 is 10.0 Å². The number of likely N-dealkylation sites (tertiary alicyclic amines) is 1. The summed E-state index contributed by atoms with van der Waals surface area (Å²) < 4.78 is 28.0. The molecule has 2 aromatic carbocycles. The zero-order valence-corrected chi connectivity index (χ0v) is 16.7. The van der Waals surface area contributed by atoms with Gasteiger partial charge in [0.05, 0.1) is 4.90 Å². The number of carbonyl (C=O) groups excluding carboxylic acids is 1. The van der Waals surface area contributed by atoms with Crippen LogP contribution in [0.15, 0.2) is 53.4 Å². The molecule has 2 N–H and O–H groups in total. The Hall–Kier alpha value is -2.38. The first-order chi connectivity index (χ1) is 13.4. The van der Waals surface area contributed by atoms with Gasteiger partial charge in [0.25, 0.3) is 15.9 Å². The average molecular weight is 400 g/mol. The first-order valence-corrected chi connectivity index (χ1v) is 11.1. The van der Waals surface area contributed by atoms with Crippen LogP contribution in [0.3, 0.4) is 0 Å². The van der Waals surface area contributed by atoms with Gasteiger partial charge in [0.15, 0.2) is 0 Å². The average Bonchev–Trinajstić information content (AvgIpc) is 3.41. The van der Waals surface area contributed by atoms with E-state index < -0.39 is 10.0 Å². The van der Waals surface area contributed by atoms with E-state index in [0.29, 0.717) is 17.3 Å².